The molecule has 22 heavy (non-hydrogen) atoms. The third kappa shape index (κ3) is 4.20. The number of benzene rings is 1. The number of carbonyl (C=O) groups is 1. The highest BCUT2D eigenvalue weighted by Gasteiger charge is 2.34. The lowest BCUT2D eigenvalue weighted by Crippen LogP contribution is -2.32. The van der Waals surface area contributed by atoms with E-state index in [1.165, 1.54) is 6.07 Å². The monoisotopic (exact) mass is 316 g/mol. The minimum atomic E-state index is -4.37. The van der Waals surface area contributed by atoms with Gasteiger partial charge in [-0.25, -0.2) is 0 Å². The van der Waals surface area contributed by atoms with Crippen LogP contribution in [0.4, 0.5) is 13.2 Å². The first-order chi connectivity index (χ1) is 10.3. The van der Waals surface area contributed by atoms with E-state index >= 15 is 0 Å². The van der Waals surface area contributed by atoms with Crippen molar-refractivity contribution in [2.24, 2.45) is 11.7 Å². The SMILES string of the molecule is N[C@@H]1C[C@H](C(=O)NCCc2cccc(C(F)(F)F)c2)C[C@H]1O. The fourth-order valence-electron chi connectivity index (χ4n) is 2.64. The first kappa shape index (κ1) is 16.8. The van der Waals surface area contributed by atoms with Gasteiger partial charge in [-0.2, -0.15) is 13.2 Å². The molecule has 1 aromatic carbocycles. The molecule has 3 atom stereocenters. The van der Waals surface area contributed by atoms with Crippen LogP contribution in [-0.2, 0) is 17.4 Å². The van der Waals surface area contributed by atoms with Gasteiger partial charge in [-0.05, 0) is 30.9 Å². The molecule has 2 rings (SSSR count). The number of aliphatic hydroxyl groups is 1. The average Bonchev–Trinajstić information content (AvgIpc) is 2.78. The summed E-state index contributed by atoms with van der Waals surface area (Å²) < 4.78 is 37.8. The topological polar surface area (TPSA) is 75.4 Å². The van der Waals surface area contributed by atoms with Crippen molar-refractivity contribution in [1.29, 1.82) is 0 Å². The molecule has 0 saturated heterocycles. The van der Waals surface area contributed by atoms with Gasteiger partial charge in [-0.15, -0.1) is 0 Å². The van der Waals surface area contributed by atoms with E-state index in [9.17, 15) is 23.1 Å². The van der Waals surface area contributed by atoms with Crippen LogP contribution >= 0.6 is 0 Å². The third-order valence-corrected chi connectivity index (χ3v) is 3.91. The summed E-state index contributed by atoms with van der Waals surface area (Å²) in [6.07, 6.45) is -3.96. The third-order valence-electron chi connectivity index (χ3n) is 3.91. The van der Waals surface area contributed by atoms with E-state index in [0.717, 1.165) is 12.1 Å². The van der Waals surface area contributed by atoms with E-state index in [2.05, 4.69) is 5.32 Å². The molecule has 0 spiro atoms. The molecule has 0 heterocycles. The molecule has 1 amide bonds. The van der Waals surface area contributed by atoms with Crippen molar-refractivity contribution in [3.63, 3.8) is 0 Å². The van der Waals surface area contributed by atoms with Gasteiger partial charge in [0.05, 0.1) is 11.7 Å². The Labute approximate surface area is 126 Å². The fourth-order valence-corrected chi connectivity index (χ4v) is 2.64. The van der Waals surface area contributed by atoms with Crippen LogP contribution in [0.25, 0.3) is 0 Å². The smallest absolute Gasteiger partial charge is 0.391 e. The molecule has 122 valence electrons. The zero-order chi connectivity index (χ0) is 16.3. The van der Waals surface area contributed by atoms with Gasteiger partial charge < -0.3 is 16.2 Å². The number of nitrogens with two attached hydrogens (primary N) is 1. The van der Waals surface area contributed by atoms with Gasteiger partial charge in [0.2, 0.25) is 5.91 Å². The van der Waals surface area contributed by atoms with Crippen molar-refractivity contribution >= 4 is 5.91 Å². The lowest BCUT2D eigenvalue weighted by molar-refractivity contribution is -0.137. The maximum Gasteiger partial charge on any atom is 0.416 e. The fraction of sp³-hybridized carbons (Fsp3) is 0.533. The van der Waals surface area contributed by atoms with Gasteiger partial charge in [0.1, 0.15) is 0 Å². The summed E-state index contributed by atoms with van der Waals surface area (Å²) in [7, 11) is 0. The molecule has 0 aromatic heterocycles. The van der Waals surface area contributed by atoms with Crippen molar-refractivity contribution in [1.82, 2.24) is 5.32 Å². The van der Waals surface area contributed by atoms with Crippen LogP contribution in [0.3, 0.4) is 0 Å². The zero-order valence-electron chi connectivity index (χ0n) is 11.9. The molecule has 4 nitrogen and oxygen atoms in total. The number of hydrogen-bond acceptors (Lipinski definition) is 3. The second-order valence-corrected chi connectivity index (χ2v) is 5.64. The normalized spacial score (nSPS) is 25.2. The Morgan fingerprint density at radius 2 is 2.09 bits per heavy atom. The number of aliphatic hydroxyl groups excluding tert-OH is 1. The van der Waals surface area contributed by atoms with Gasteiger partial charge in [0, 0.05) is 18.5 Å². The predicted octanol–water partition coefficient (Wildman–Crippen LogP) is 1.46. The first-order valence-electron chi connectivity index (χ1n) is 7.15. The lowest BCUT2D eigenvalue weighted by Gasteiger charge is -2.11. The molecule has 0 radical (unpaired) electrons. The summed E-state index contributed by atoms with van der Waals surface area (Å²) >= 11 is 0. The summed E-state index contributed by atoms with van der Waals surface area (Å²) in [4.78, 5) is 11.9. The van der Waals surface area contributed by atoms with E-state index in [1.807, 2.05) is 0 Å². The average molecular weight is 316 g/mol. The Kier molecular flexibility index (Phi) is 5.08. The van der Waals surface area contributed by atoms with Gasteiger partial charge in [0.15, 0.2) is 0 Å². The van der Waals surface area contributed by atoms with Crippen molar-refractivity contribution in [2.45, 2.75) is 37.6 Å². The van der Waals surface area contributed by atoms with Crippen molar-refractivity contribution < 1.29 is 23.1 Å². The van der Waals surface area contributed by atoms with Crippen molar-refractivity contribution in [2.75, 3.05) is 6.54 Å². The first-order valence-corrected chi connectivity index (χ1v) is 7.15. The van der Waals surface area contributed by atoms with Crippen molar-refractivity contribution in [3.05, 3.63) is 35.4 Å². The highest BCUT2D eigenvalue weighted by Crippen LogP contribution is 2.29. The number of alkyl halides is 3. The van der Waals surface area contributed by atoms with E-state index in [4.69, 9.17) is 5.73 Å². The molecule has 1 fully saturated rings. The molecule has 1 aromatic rings. The quantitative estimate of drug-likeness (QED) is 0.787. The number of nitrogens with one attached hydrogen (secondary N) is 1. The molecule has 7 heteroatoms. The van der Waals surface area contributed by atoms with Gasteiger partial charge >= 0.3 is 6.18 Å². The minimum Gasteiger partial charge on any atom is -0.391 e. The van der Waals surface area contributed by atoms with E-state index in [-0.39, 0.29) is 24.4 Å². The predicted molar refractivity (Wildman–Crippen MR) is 74.9 cm³/mol. The number of rotatable bonds is 4. The summed E-state index contributed by atoms with van der Waals surface area (Å²) in [5.41, 5.74) is 5.47. The zero-order valence-corrected chi connectivity index (χ0v) is 11.9. The Morgan fingerprint density at radius 1 is 1.36 bits per heavy atom. The van der Waals surface area contributed by atoms with Crippen LogP contribution in [0.2, 0.25) is 0 Å². The van der Waals surface area contributed by atoms with E-state index in [1.54, 1.807) is 6.07 Å². The number of hydrogen-bond donors (Lipinski definition) is 3. The molecular weight excluding hydrogens is 297 g/mol. The molecule has 0 unspecified atom stereocenters. The summed E-state index contributed by atoms with van der Waals surface area (Å²) in [5, 5.41) is 12.2. The standard InChI is InChI=1S/C15H19F3N2O2/c16-15(17,18)11-3-1-2-9(6-11)4-5-20-14(22)10-7-12(19)13(21)8-10/h1-3,6,10,12-13,21H,4-5,7-8,19H2,(H,20,22)/t10-,12+,13+/m0/s1. The van der Waals surface area contributed by atoms with Crippen LogP contribution in [0, 0.1) is 5.92 Å². The number of halogens is 3. The molecule has 0 bridgehead atoms. The van der Waals surface area contributed by atoms with Gasteiger partial charge in [-0.3, -0.25) is 4.79 Å². The molecular formula is C15H19F3N2O2. The van der Waals surface area contributed by atoms with Crippen molar-refractivity contribution in [3.8, 4) is 0 Å². The second-order valence-electron chi connectivity index (χ2n) is 5.64. The van der Waals surface area contributed by atoms with E-state index < -0.39 is 17.8 Å². The Morgan fingerprint density at radius 3 is 2.68 bits per heavy atom. The van der Waals surface area contributed by atoms with E-state index in [0.29, 0.717) is 24.8 Å². The van der Waals surface area contributed by atoms with Crippen LogP contribution < -0.4 is 11.1 Å². The van der Waals surface area contributed by atoms with Gasteiger partial charge in [-0.1, -0.05) is 18.2 Å². The molecule has 0 aliphatic heterocycles. The maximum atomic E-state index is 12.6. The highest BCUT2D eigenvalue weighted by atomic mass is 19.4. The van der Waals surface area contributed by atoms with Crippen LogP contribution in [0.15, 0.2) is 24.3 Å². The highest BCUT2D eigenvalue weighted by molar-refractivity contribution is 5.79. The second kappa shape index (κ2) is 6.66. The Balaban J connectivity index is 1.83. The summed E-state index contributed by atoms with van der Waals surface area (Å²) in [6.45, 7) is 0.252. The molecule has 1 saturated carbocycles. The Hall–Kier alpha value is -1.60. The number of amides is 1. The van der Waals surface area contributed by atoms with Crippen LogP contribution in [0.5, 0.6) is 0 Å². The van der Waals surface area contributed by atoms with Gasteiger partial charge in [0.25, 0.3) is 0 Å². The summed E-state index contributed by atoms with van der Waals surface area (Å²) in [5.74, 6) is -0.537. The molecule has 1 aliphatic rings. The lowest BCUT2D eigenvalue weighted by atomic mass is 10.1. The number of carbonyl (C=O) groups excluding carboxylic acids is 1. The largest absolute Gasteiger partial charge is 0.416 e. The molecule has 1 aliphatic carbocycles. The maximum absolute atomic E-state index is 12.6. The Bertz CT molecular complexity index is 524. The van der Waals surface area contributed by atoms with Crippen LogP contribution in [-0.4, -0.2) is 29.7 Å². The summed E-state index contributed by atoms with van der Waals surface area (Å²) in [6, 6.07) is 4.66. The molecule has 4 N–H and O–H groups in total. The van der Waals surface area contributed by atoms with Crippen LogP contribution in [0.1, 0.15) is 24.0 Å². The minimum absolute atomic E-state index is 0.209.